The van der Waals surface area contributed by atoms with E-state index in [-0.39, 0.29) is 0 Å². The first-order chi connectivity index (χ1) is 6.61. The summed E-state index contributed by atoms with van der Waals surface area (Å²) in [5.41, 5.74) is 0. The fourth-order valence-electron chi connectivity index (χ4n) is 1.03. The van der Waals surface area contributed by atoms with Gasteiger partial charge in [0.05, 0.1) is 0 Å². The molecule has 0 aliphatic carbocycles. The van der Waals surface area contributed by atoms with Crippen LogP contribution in [0.1, 0.15) is 59.1 Å². The lowest BCUT2D eigenvalue weighted by atomic mass is 10.2. The summed E-state index contributed by atoms with van der Waals surface area (Å²) < 4.78 is 1.83. The highest BCUT2D eigenvalue weighted by Crippen LogP contribution is 2.09. The lowest BCUT2D eigenvalue weighted by Gasteiger charge is -2.00. The van der Waals surface area contributed by atoms with Crippen LogP contribution in [0.4, 0.5) is 0 Å². The van der Waals surface area contributed by atoms with Gasteiger partial charge in [0.1, 0.15) is 11.6 Å². The average molecular weight is 199 g/mol. The molecule has 0 amide bonds. The van der Waals surface area contributed by atoms with Crippen molar-refractivity contribution in [2.75, 3.05) is 0 Å². The van der Waals surface area contributed by atoms with Crippen LogP contribution in [0.3, 0.4) is 0 Å². The van der Waals surface area contributed by atoms with Gasteiger partial charge in [-0.2, -0.15) is 5.10 Å². The van der Waals surface area contributed by atoms with Crippen molar-refractivity contribution in [3.8, 4) is 0 Å². The Hall–Kier alpha value is -0.860. The average Bonchev–Trinajstić information content (AvgIpc) is 2.52. The van der Waals surface area contributed by atoms with Crippen molar-refractivity contribution in [1.29, 1.82) is 0 Å². The third-order valence-corrected chi connectivity index (χ3v) is 1.42. The van der Waals surface area contributed by atoms with Crippen LogP contribution in [-0.2, 0) is 7.05 Å². The zero-order chi connectivity index (χ0) is 11.7. The van der Waals surface area contributed by atoms with Crippen molar-refractivity contribution in [3.63, 3.8) is 0 Å². The number of aromatic nitrogens is 3. The highest BCUT2D eigenvalue weighted by atomic mass is 15.3. The van der Waals surface area contributed by atoms with Gasteiger partial charge < -0.3 is 0 Å². The first-order valence-corrected chi connectivity index (χ1v) is 5.49. The summed E-state index contributed by atoms with van der Waals surface area (Å²) in [6, 6.07) is 0. The monoisotopic (exact) mass is 199 g/mol. The molecule has 0 saturated heterocycles. The molecule has 0 aliphatic heterocycles. The van der Waals surface area contributed by atoms with Crippen molar-refractivity contribution in [2.45, 2.75) is 54.4 Å². The molecule has 0 aliphatic rings. The van der Waals surface area contributed by atoms with E-state index in [4.69, 9.17) is 0 Å². The molecule has 3 heteroatoms. The molecule has 1 heterocycles. The number of aryl methyl sites for hydroxylation is 2. The van der Waals surface area contributed by atoms with Crippen molar-refractivity contribution in [1.82, 2.24) is 14.8 Å². The lowest BCUT2D eigenvalue weighted by molar-refractivity contribution is 0.653. The van der Waals surface area contributed by atoms with E-state index in [2.05, 4.69) is 23.9 Å². The van der Waals surface area contributed by atoms with E-state index >= 15 is 0 Å². The fourth-order valence-corrected chi connectivity index (χ4v) is 1.03. The molecular weight excluding hydrogens is 174 g/mol. The minimum absolute atomic E-state index is 0.464. The summed E-state index contributed by atoms with van der Waals surface area (Å²) in [5, 5.41) is 4.14. The molecule has 0 radical (unpaired) electrons. The van der Waals surface area contributed by atoms with E-state index in [0.717, 1.165) is 11.6 Å². The Labute approximate surface area is 88.6 Å². The van der Waals surface area contributed by atoms with Crippen LogP contribution in [0.2, 0.25) is 0 Å². The van der Waals surface area contributed by atoms with E-state index in [0.29, 0.717) is 5.92 Å². The maximum Gasteiger partial charge on any atom is 0.147 e. The van der Waals surface area contributed by atoms with E-state index < -0.39 is 0 Å². The van der Waals surface area contributed by atoms with Gasteiger partial charge in [-0.05, 0) is 6.92 Å². The van der Waals surface area contributed by atoms with Gasteiger partial charge in [0, 0.05) is 13.0 Å². The second kappa shape index (κ2) is 8.73. The van der Waals surface area contributed by atoms with E-state index in [9.17, 15) is 0 Å². The van der Waals surface area contributed by atoms with Gasteiger partial charge >= 0.3 is 0 Å². The lowest BCUT2D eigenvalue weighted by Crippen LogP contribution is -2.00. The molecule has 0 fully saturated rings. The molecule has 0 bridgehead atoms. The molecule has 14 heavy (non-hydrogen) atoms. The predicted molar refractivity (Wildman–Crippen MR) is 62.5 cm³/mol. The second-order valence-electron chi connectivity index (χ2n) is 2.80. The van der Waals surface area contributed by atoms with Crippen molar-refractivity contribution < 1.29 is 0 Å². The van der Waals surface area contributed by atoms with Gasteiger partial charge in [0.2, 0.25) is 0 Å². The Bertz CT molecular complexity index is 226. The number of hydrogen-bond donors (Lipinski definition) is 0. The van der Waals surface area contributed by atoms with Crippen LogP contribution < -0.4 is 0 Å². The second-order valence-corrected chi connectivity index (χ2v) is 2.80. The molecule has 0 saturated carbocycles. The molecule has 1 rings (SSSR count). The maximum absolute atomic E-state index is 4.26. The van der Waals surface area contributed by atoms with E-state index in [1.807, 2.05) is 46.3 Å². The van der Waals surface area contributed by atoms with Crippen LogP contribution in [0, 0.1) is 6.92 Å². The van der Waals surface area contributed by atoms with Gasteiger partial charge in [-0.3, -0.25) is 4.68 Å². The molecular formula is C11H25N3. The number of nitrogens with zero attached hydrogens (tertiary/aromatic N) is 3. The summed E-state index contributed by atoms with van der Waals surface area (Å²) in [7, 11) is 1.93. The minimum atomic E-state index is 0.464. The molecule has 84 valence electrons. The predicted octanol–water partition coefficient (Wildman–Crippen LogP) is 3.30. The smallest absolute Gasteiger partial charge is 0.147 e. The Morgan fingerprint density at radius 2 is 1.50 bits per heavy atom. The summed E-state index contributed by atoms with van der Waals surface area (Å²) in [4.78, 5) is 4.26. The molecule has 0 unspecified atom stereocenters. The summed E-state index contributed by atoms with van der Waals surface area (Å²) in [6.07, 6.45) is 0. The first-order valence-electron chi connectivity index (χ1n) is 5.49. The third kappa shape index (κ3) is 5.00. The van der Waals surface area contributed by atoms with E-state index in [1.54, 1.807) is 0 Å². The molecule has 1 aromatic rings. The highest BCUT2D eigenvalue weighted by Gasteiger charge is 2.06. The zero-order valence-corrected chi connectivity index (χ0v) is 10.9. The standard InChI is InChI=1S/C7H13N3.2C2H6/c1-5(2)7-8-6(3)9-10(7)4;2*1-2/h5H,1-4H3;2*1-2H3. The maximum atomic E-state index is 4.26. The van der Waals surface area contributed by atoms with Gasteiger partial charge in [-0.1, -0.05) is 41.5 Å². The number of rotatable bonds is 1. The molecule has 3 nitrogen and oxygen atoms in total. The van der Waals surface area contributed by atoms with E-state index in [1.165, 1.54) is 0 Å². The van der Waals surface area contributed by atoms with Crippen molar-refractivity contribution in [2.24, 2.45) is 7.05 Å². The zero-order valence-electron chi connectivity index (χ0n) is 10.9. The van der Waals surface area contributed by atoms with Gasteiger partial charge in [-0.25, -0.2) is 4.98 Å². The van der Waals surface area contributed by atoms with Crippen LogP contribution in [0.5, 0.6) is 0 Å². The SMILES string of the molecule is CC.CC.Cc1nc(C(C)C)n(C)n1. The highest BCUT2D eigenvalue weighted by molar-refractivity contribution is 4.95. The minimum Gasteiger partial charge on any atom is -0.253 e. The molecule has 0 N–H and O–H groups in total. The Morgan fingerprint density at radius 1 is 1.07 bits per heavy atom. The Balaban J connectivity index is 0. The molecule has 0 atom stereocenters. The van der Waals surface area contributed by atoms with Crippen LogP contribution >= 0.6 is 0 Å². The van der Waals surface area contributed by atoms with Crippen molar-refractivity contribution >= 4 is 0 Å². The quantitative estimate of drug-likeness (QED) is 0.694. The summed E-state index contributed by atoms with van der Waals surface area (Å²) >= 11 is 0. The van der Waals surface area contributed by atoms with Crippen LogP contribution in [-0.4, -0.2) is 14.8 Å². The van der Waals surface area contributed by atoms with Crippen LogP contribution in [0.25, 0.3) is 0 Å². The molecule has 0 spiro atoms. The topological polar surface area (TPSA) is 30.7 Å². The Morgan fingerprint density at radius 3 is 1.64 bits per heavy atom. The molecule has 1 aromatic heterocycles. The summed E-state index contributed by atoms with van der Waals surface area (Å²) in [6.45, 7) is 14.1. The third-order valence-electron chi connectivity index (χ3n) is 1.42. The van der Waals surface area contributed by atoms with Gasteiger partial charge in [-0.15, -0.1) is 0 Å². The fraction of sp³-hybridized carbons (Fsp3) is 0.818. The van der Waals surface area contributed by atoms with Crippen molar-refractivity contribution in [3.05, 3.63) is 11.6 Å². The molecule has 0 aromatic carbocycles. The number of hydrogen-bond acceptors (Lipinski definition) is 2. The van der Waals surface area contributed by atoms with Gasteiger partial charge in [0.25, 0.3) is 0 Å². The Kier molecular flexibility index (Phi) is 9.73. The van der Waals surface area contributed by atoms with Gasteiger partial charge in [0.15, 0.2) is 0 Å². The first kappa shape index (κ1) is 15.6. The van der Waals surface area contributed by atoms with Crippen LogP contribution in [0.15, 0.2) is 0 Å². The normalized spacial score (nSPS) is 8.64. The summed E-state index contributed by atoms with van der Waals surface area (Å²) in [5.74, 6) is 2.37. The largest absolute Gasteiger partial charge is 0.253 e.